The second-order valence-electron chi connectivity index (χ2n) is 10.4. The molecule has 0 aromatic rings. The minimum Gasteiger partial charge on any atom is -0.477 e. The summed E-state index contributed by atoms with van der Waals surface area (Å²) in [5, 5.41) is 17.9. The zero-order chi connectivity index (χ0) is 29.3. The van der Waals surface area contributed by atoms with Crippen molar-refractivity contribution in [2.75, 3.05) is 33.2 Å². The van der Waals surface area contributed by atoms with Crippen LogP contribution in [0.5, 0.6) is 0 Å². The fourth-order valence-corrected chi connectivity index (χ4v) is 7.30. The van der Waals surface area contributed by atoms with Crippen LogP contribution in [0.1, 0.15) is 26.7 Å². The third-order valence-corrected chi connectivity index (χ3v) is 9.23. The number of likely N-dealkylation sites (tertiary alicyclic amines) is 1. The number of halogens is 2. The Hall–Kier alpha value is -2.82. The first-order valence-electron chi connectivity index (χ1n) is 13.1. The van der Waals surface area contributed by atoms with E-state index in [1.54, 1.807) is 18.9 Å². The molecular weight excluding hydrogens is 554 g/mol. The van der Waals surface area contributed by atoms with Crippen molar-refractivity contribution in [3.63, 3.8) is 0 Å². The maximum absolute atomic E-state index is 13.1. The van der Waals surface area contributed by atoms with E-state index in [-0.39, 0.29) is 35.4 Å². The van der Waals surface area contributed by atoms with Gasteiger partial charge in [0.15, 0.2) is 0 Å². The molecule has 7 atom stereocenters. The van der Waals surface area contributed by atoms with Crippen molar-refractivity contribution in [3.8, 4) is 0 Å². The average Bonchev–Trinajstić information content (AvgIpc) is 3.61. The lowest BCUT2D eigenvalue weighted by Crippen LogP contribution is -2.66. The molecule has 222 valence electrons. The Labute approximate surface area is 233 Å². The topological polar surface area (TPSA) is 169 Å². The van der Waals surface area contributed by atoms with Gasteiger partial charge in [0.2, 0.25) is 11.8 Å². The number of carbonyl (C=O) groups is 5. The highest BCUT2D eigenvalue weighted by Crippen LogP contribution is 2.51. The lowest BCUT2D eigenvalue weighted by Gasteiger charge is -2.47. The van der Waals surface area contributed by atoms with Gasteiger partial charge >= 0.3 is 12.4 Å². The summed E-state index contributed by atoms with van der Waals surface area (Å²) >= 11 is 1.31. The number of aliphatic carboxylic acids is 1. The summed E-state index contributed by atoms with van der Waals surface area (Å²) in [5.41, 5.74) is 2.23. The highest BCUT2D eigenvalue weighted by Gasteiger charge is 2.60. The number of amides is 4. The summed E-state index contributed by atoms with van der Waals surface area (Å²) in [6.45, 7) is 4.61. The van der Waals surface area contributed by atoms with Crippen LogP contribution >= 0.6 is 11.8 Å². The predicted molar refractivity (Wildman–Crippen MR) is 137 cm³/mol. The number of fused-ring (bicyclic) bond motifs is 1. The van der Waals surface area contributed by atoms with Crippen molar-refractivity contribution in [2.45, 2.75) is 62.6 Å². The number of carboxylic acid groups (broad SMARTS) is 1. The van der Waals surface area contributed by atoms with Crippen molar-refractivity contribution in [2.24, 2.45) is 11.8 Å². The SMILES string of the molecule is CNCC(=O)NO[C@H]1CCN(C(=O)[C@@H]2C[C@H](SC3=C(C(=O)O)N4C(=O)[C@H]([C@@H](C)NC(=O)C(F)F)[C@H]4[C@H]3C)CN2)C1. The fourth-order valence-electron chi connectivity index (χ4n) is 5.83. The molecule has 4 heterocycles. The maximum Gasteiger partial charge on any atom is 0.353 e. The number of hydroxylamine groups is 1. The monoisotopic (exact) mass is 588 g/mol. The first-order chi connectivity index (χ1) is 18.9. The van der Waals surface area contributed by atoms with Crippen LogP contribution < -0.4 is 21.4 Å². The number of carbonyl (C=O) groups excluding carboxylic acids is 4. The Morgan fingerprint density at radius 3 is 2.65 bits per heavy atom. The number of rotatable bonds is 11. The lowest BCUT2D eigenvalue weighted by atomic mass is 9.78. The highest BCUT2D eigenvalue weighted by molar-refractivity contribution is 8.03. The van der Waals surface area contributed by atoms with Crippen molar-refractivity contribution in [1.82, 2.24) is 31.2 Å². The van der Waals surface area contributed by atoms with Crippen molar-refractivity contribution < 1.29 is 42.7 Å². The van der Waals surface area contributed by atoms with Crippen molar-refractivity contribution in [3.05, 3.63) is 10.6 Å². The lowest BCUT2D eigenvalue weighted by molar-refractivity contribution is -0.159. The molecule has 4 amide bonds. The van der Waals surface area contributed by atoms with E-state index in [0.29, 0.717) is 37.4 Å². The molecule has 0 bridgehead atoms. The average molecular weight is 589 g/mol. The number of likely N-dealkylation sites (N-methyl/N-ethyl adjacent to an activating group) is 1. The standard InChI is InChI=1S/C24H34F2N6O7S/c1-10-17-16(11(2)29-21(34)20(25)26)23(36)32(17)18(24(37)38)19(10)40-13-6-14(28-7-13)22(35)31-5-4-12(9-31)39-30-15(33)8-27-3/h10-14,16-17,20,27-28H,4-9H2,1-3H3,(H,29,34)(H,30,33)(H,37,38)/t10-,11-,12+,13+,14+,16-,17-/m1/s1. The van der Waals surface area contributed by atoms with Gasteiger partial charge in [0, 0.05) is 41.7 Å². The zero-order valence-corrected chi connectivity index (χ0v) is 23.1. The van der Waals surface area contributed by atoms with E-state index in [9.17, 15) is 37.9 Å². The molecule has 13 nitrogen and oxygen atoms in total. The minimum absolute atomic E-state index is 0.106. The Balaban J connectivity index is 1.34. The van der Waals surface area contributed by atoms with Crippen molar-refractivity contribution >= 4 is 41.4 Å². The Bertz CT molecular complexity index is 1090. The van der Waals surface area contributed by atoms with Crippen LogP contribution in [0.3, 0.4) is 0 Å². The summed E-state index contributed by atoms with van der Waals surface area (Å²) in [7, 11) is 1.64. The van der Waals surface area contributed by atoms with E-state index < -0.39 is 54.2 Å². The second kappa shape index (κ2) is 12.4. The first kappa shape index (κ1) is 30.1. The molecule has 0 spiro atoms. The number of nitrogens with one attached hydrogen (secondary N) is 4. The summed E-state index contributed by atoms with van der Waals surface area (Å²) < 4.78 is 25.4. The summed E-state index contributed by atoms with van der Waals surface area (Å²) in [4.78, 5) is 70.0. The largest absolute Gasteiger partial charge is 0.477 e. The normalized spacial score (nSPS) is 30.4. The predicted octanol–water partition coefficient (Wildman–Crippen LogP) is -1.14. The molecular formula is C24H34F2N6O7S. The van der Waals surface area contributed by atoms with Gasteiger partial charge in [-0.25, -0.2) is 10.3 Å². The van der Waals surface area contributed by atoms with Gasteiger partial charge in [-0.2, -0.15) is 8.78 Å². The molecule has 3 saturated heterocycles. The van der Waals surface area contributed by atoms with Gasteiger partial charge in [0.25, 0.3) is 11.8 Å². The number of nitrogens with zero attached hydrogens (tertiary/aromatic N) is 2. The van der Waals surface area contributed by atoms with E-state index in [1.807, 2.05) is 0 Å². The third kappa shape index (κ3) is 5.94. The quantitative estimate of drug-likeness (QED) is 0.147. The number of hydrogen-bond donors (Lipinski definition) is 5. The van der Waals surface area contributed by atoms with E-state index in [1.165, 1.54) is 23.6 Å². The second-order valence-corrected chi connectivity index (χ2v) is 11.8. The number of hydrogen-bond acceptors (Lipinski definition) is 9. The van der Waals surface area contributed by atoms with Gasteiger partial charge in [0.05, 0.1) is 24.5 Å². The zero-order valence-electron chi connectivity index (χ0n) is 22.3. The molecule has 0 aromatic carbocycles. The van der Waals surface area contributed by atoms with Crippen LogP contribution in [-0.4, -0.2) is 114 Å². The van der Waals surface area contributed by atoms with E-state index in [2.05, 4.69) is 21.4 Å². The van der Waals surface area contributed by atoms with Gasteiger partial charge in [-0.15, -0.1) is 11.8 Å². The van der Waals surface area contributed by atoms with E-state index in [0.717, 1.165) is 0 Å². The Kier molecular flexibility index (Phi) is 9.32. The van der Waals surface area contributed by atoms with Gasteiger partial charge in [-0.1, -0.05) is 6.92 Å². The van der Waals surface area contributed by atoms with Crippen LogP contribution in [0.4, 0.5) is 8.78 Å². The van der Waals surface area contributed by atoms with Crippen LogP contribution in [0.25, 0.3) is 0 Å². The molecule has 0 unspecified atom stereocenters. The minimum atomic E-state index is -3.22. The molecule has 5 N–H and O–H groups in total. The van der Waals surface area contributed by atoms with Crippen LogP contribution in [0.2, 0.25) is 0 Å². The van der Waals surface area contributed by atoms with Crippen molar-refractivity contribution in [1.29, 1.82) is 0 Å². The summed E-state index contributed by atoms with van der Waals surface area (Å²) in [6, 6.07) is -1.94. The molecule has 0 aromatic heterocycles. The molecule has 3 fully saturated rings. The van der Waals surface area contributed by atoms with E-state index >= 15 is 0 Å². The molecule has 4 rings (SSSR count). The molecule has 0 aliphatic carbocycles. The van der Waals surface area contributed by atoms with Gasteiger partial charge in [-0.05, 0) is 26.8 Å². The summed E-state index contributed by atoms with van der Waals surface area (Å²) in [6.07, 6.45) is -2.52. The molecule has 0 radical (unpaired) electrons. The van der Waals surface area contributed by atoms with Crippen LogP contribution in [0.15, 0.2) is 10.6 Å². The molecule has 16 heteroatoms. The van der Waals surface area contributed by atoms with Gasteiger partial charge < -0.3 is 30.9 Å². The smallest absolute Gasteiger partial charge is 0.353 e. The highest BCUT2D eigenvalue weighted by atomic mass is 32.2. The molecule has 0 saturated carbocycles. The number of alkyl halides is 2. The Morgan fingerprint density at radius 1 is 1.27 bits per heavy atom. The molecule has 4 aliphatic heterocycles. The van der Waals surface area contributed by atoms with Gasteiger partial charge in [-0.3, -0.25) is 24.0 Å². The van der Waals surface area contributed by atoms with E-state index in [4.69, 9.17) is 4.84 Å². The van der Waals surface area contributed by atoms with Crippen LogP contribution in [-0.2, 0) is 28.8 Å². The molecule has 40 heavy (non-hydrogen) atoms. The van der Waals surface area contributed by atoms with Crippen LogP contribution in [0, 0.1) is 11.8 Å². The summed E-state index contributed by atoms with van der Waals surface area (Å²) in [5.74, 6) is -4.92. The number of thioether (sulfide) groups is 1. The number of β-lactam (4-membered cyclic amide) rings is 1. The maximum atomic E-state index is 13.1. The Morgan fingerprint density at radius 2 is 2.00 bits per heavy atom. The first-order valence-corrected chi connectivity index (χ1v) is 14.0. The van der Waals surface area contributed by atoms with Gasteiger partial charge in [0.1, 0.15) is 11.8 Å². The fraction of sp³-hybridized carbons (Fsp3) is 0.708. The molecule has 4 aliphatic rings. The number of carboxylic acids is 1. The third-order valence-electron chi connectivity index (χ3n) is 7.71.